The molecule has 1 saturated carbocycles. The summed E-state index contributed by atoms with van der Waals surface area (Å²) in [6.07, 6.45) is 0.827. The third-order valence-corrected chi connectivity index (χ3v) is 3.36. The summed E-state index contributed by atoms with van der Waals surface area (Å²) in [5, 5.41) is 12.1. The monoisotopic (exact) mass is 253 g/mol. The lowest BCUT2D eigenvalue weighted by Gasteiger charge is -2.11. The summed E-state index contributed by atoms with van der Waals surface area (Å²) in [6.45, 7) is 0.257. The first-order chi connectivity index (χ1) is 8.06. The number of halogens is 1. The predicted molar refractivity (Wildman–Crippen MR) is 62.6 cm³/mol. The molecule has 0 heterocycles. The molecular formula is C12H12ClNO3. The SMILES string of the molecule is O=C(O)C1(C(=O)NCc2ccccc2Cl)CC1. The van der Waals surface area contributed by atoms with E-state index in [0.29, 0.717) is 17.9 Å². The average molecular weight is 254 g/mol. The first kappa shape index (κ1) is 11.9. The molecule has 1 fully saturated rings. The summed E-state index contributed by atoms with van der Waals surface area (Å²) in [5.41, 5.74) is -0.412. The van der Waals surface area contributed by atoms with Gasteiger partial charge in [0, 0.05) is 11.6 Å². The quantitative estimate of drug-likeness (QED) is 0.805. The van der Waals surface area contributed by atoms with Gasteiger partial charge >= 0.3 is 5.97 Å². The molecule has 1 aliphatic rings. The van der Waals surface area contributed by atoms with E-state index in [2.05, 4.69) is 5.32 Å². The van der Waals surface area contributed by atoms with Gasteiger partial charge in [0.25, 0.3) is 0 Å². The molecule has 1 aliphatic carbocycles. The molecule has 0 aromatic heterocycles. The highest BCUT2D eigenvalue weighted by Crippen LogP contribution is 2.46. The molecule has 0 bridgehead atoms. The van der Waals surface area contributed by atoms with Gasteiger partial charge in [0.15, 0.2) is 0 Å². The number of rotatable bonds is 4. The second-order valence-corrected chi connectivity index (χ2v) is 4.57. The largest absolute Gasteiger partial charge is 0.480 e. The van der Waals surface area contributed by atoms with Crippen LogP contribution < -0.4 is 5.32 Å². The second-order valence-electron chi connectivity index (χ2n) is 4.16. The fourth-order valence-electron chi connectivity index (χ4n) is 1.65. The van der Waals surface area contributed by atoms with Crippen LogP contribution >= 0.6 is 11.6 Å². The normalized spacial score (nSPS) is 16.3. The Morgan fingerprint density at radius 2 is 2.00 bits per heavy atom. The van der Waals surface area contributed by atoms with Gasteiger partial charge < -0.3 is 10.4 Å². The van der Waals surface area contributed by atoms with Crippen molar-refractivity contribution in [1.29, 1.82) is 0 Å². The molecule has 90 valence electrons. The van der Waals surface area contributed by atoms with Crippen LogP contribution in [0.3, 0.4) is 0 Å². The number of carboxylic acid groups (broad SMARTS) is 1. The van der Waals surface area contributed by atoms with E-state index in [1.165, 1.54) is 0 Å². The van der Waals surface area contributed by atoms with Crippen LogP contribution in [-0.2, 0) is 16.1 Å². The van der Waals surface area contributed by atoms with E-state index >= 15 is 0 Å². The zero-order valence-corrected chi connectivity index (χ0v) is 9.83. The van der Waals surface area contributed by atoms with Crippen molar-refractivity contribution >= 4 is 23.5 Å². The predicted octanol–water partition coefficient (Wildman–Crippen LogP) is 1.82. The summed E-state index contributed by atoms with van der Waals surface area (Å²) in [6, 6.07) is 7.14. The van der Waals surface area contributed by atoms with Gasteiger partial charge in [-0.25, -0.2) is 0 Å². The van der Waals surface area contributed by atoms with E-state index in [-0.39, 0.29) is 6.54 Å². The van der Waals surface area contributed by atoms with E-state index in [4.69, 9.17) is 16.7 Å². The summed E-state index contributed by atoms with van der Waals surface area (Å²) in [5.74, 6) is -1.47. The summed E-state index contributed by atoms with van der Waals surface area (Å²) in [4.78, 5) is 22.6. The Labute approximate surface area is 104 Å². The molecule has 2 rings (SSSR count). The van der Waals surface area contributed by atoms with Crippen LogP contribution in [0.15, 0.2) is 24.3 Å². The van der Waals surface area contributed by atoms with Gasteiger partial charge in [0.1, 0.15) is 5.41 Å². The third-order valence-electron chi connectivity index (χ3n) is 2.99. The molecule has 0 unspecified atom stereocenters. The smallest absolute Gasteiger partial charge is 0.319 e. The second kappa shape index (κ2) is 4.37. The molecule has 0 aliphatic heterocycles. The lowest BCUT2D eigenvalue weighted by molar-refractivity contribution is -0.149. The number of aliphatic carboxylic acids is 1. The lowest BCUT2D eigenvalue weighted by Crippen LogP contribution is -2.36. The Morgan fingerprint density at radius 1 is 1.35 bits per heavy atom. The first-order valence-electron chi connectivity index (χ1n) is 5.31. The van der Waals surface area contributed by atoms with Crippen molar-refractivity contribution in [2.45, 2.75) is 19.4 Å². The number of carboxylic acids is 1. The van der Waals surface area contributed by atoms with E-state index in [0.717, 1.165) is 5.56 Å². The van der Waals surface area contributed by atoms with Gasteiger partial charge in [-0.3, -0.25) is 9.59 Å². The van der Waals surface area contributed by atoms with E-state index < -0.39 is 17.3 Å². The minimum absolute atomic E-state index is 0.257. The molecule has 0 radical (unpaired) electrons. The lowest BCUT2D eigenvalue weighted by atomic mass is 10.1. The van der Waals surface area contributed by atoms with Crippen LogP contribution in [0.2, 0.25) is 5.02 Å². The molecule has 4 nitrogen and oxygen atoms in total. The summed E-state index contributed by atoms with van der Waals surface area (Å²) in [7, 11) is 0. The van der Waals surface area contributed by atoms with Gasteiger partial charge in [0.05, 0.1) is 0 Å². The Hall–Kier alpha value is -1.55. The van der Waals surface area contributed by atoms with Crippen molar-refractivity contribution < 1.29 is 14.7 Å². The van der Waals surface area contributed by atoms with E-state index in [9.17, 15) is 9.59 Å². The van der Waals surface area contributed by atoms with Crippen LogP contribution in [0.5, 0.6) is 0 Å². The molecule has 0 atom stereocenters. The van der Waals surface area contributed by atoms with Crippen LogP contribution in [0.1, 0.15) is 18.4 Å². The third kappa shape index (κ3) is 2.26. The van der Waals surface area contributed by atoms with Crippen LogP contribution in [0.4, 0.5) is 0 Å². The summed E-state index contributed by atoms with van der Waals surface area (Å²) >= 11 is 5.93. The Kier molecular flexibility index (Phi) is 3.07. The van der Waals surface area contributed by atoms with Crippen molar-refractivity contribution in [3.05, 3.63) is 34.9 Å². The number of nitrogens with one attached hydrogen (secondary N) is 1. The standard InChI is InChI=1S/C12H12ClNO3/c13-9-4-2-1-3-8(9)7-14-10(15)12(5-6-12)11(16)17/h1-4H,5-7H2,(H,14,15)(H,16,17). The van der Waals surface area contributed by atoms with E-state index in [1.807, 2.05) is 6.07 Å². The van der Waals surface area contributed by atoms with Crippen LogP contribution in [0.25, 0.3) is 0 Å². The molecule has 1 aromatic rings. The van der Waals surface area contributed by atoms with Gasteiger partial charge in [-0.2, -0.15) is 0 Å². The van der Waals surface area contributed by atoms with Gasteiger partial charge in [-0.05, 0) is 24.5 Å². The number of amides is 1. The minimum Gasteiger partial charge on any atom is -0.480 e. The fourth-order valence-corrected chi connectivity index (χ4v) is 1.85. The van der Waals surface area contributed by atoms with Gasteiger partial charge in [-0.1, -0.05) is 29.8 Å². The Balaban J connectivity index is 1.98. The number of benzene rings is 1. The first-order valence-corrected chi connectivity index (χ1v) is 5.69. The van der Waals surface area contributed by atoms with Crippen molar-refractivity contribution in [2.75, 3.05) is 0 Å². The summed E-state index contributed by atoms with van der Waals surface area (Å²) < 4.78 is 0. The number of carbonyl (C=O) groups is 2. The zero-order valence-electron chi connectivity index (χ0n) is 9.07. The molecule has 0 spiro atoms. The minimum atomic E-state index is -1.19. The topological polar surface area (TPSA) is 66.4 Å². The number of hydrogen-bond acceptors (Lipinski definition) is 2. The molecule has 1 amide bonds. The average Bonchev–Trinajstić information content (AvgIpc) is 3.08. The Morgan fingerprint density at radius 3 is 2.53 bits per heavy atom. The number of hydrogen-bond donors (Lipinski definition) is 2. The maximum atomic E-state index is 11.7. The van der Waals surface area contributed by atoms with Crippen LogP contribution in [0, 0.1) is 5.41 Å². The maximum Gasteiger partial charge on any atom is 0.319 e. The fraction of sp³-hybridized carbons (Fsp3) is 0.333. The highest BCUT2D eigenvalue weighted by atomic mass is 35.5. The zero-order chi connectivity index (χ0) is 12.5. The highest BCUT2D eigenvalue weighted by molar-refractivity contribution is 6.31. The maximum absolute atomic E-state index is 11.7. The molecule has 5 heteroatoms. The van der Waals surface area contributed by atoms with E-state index in [1.54, 1.807) is 18.2 Å². The highest BCUT2D eigenvalue weighted by Gasteiger charge is 2.56. The molecule has 1 aromatic carbocycles. The van der Waals surface area contributed by atoms with Gasteiger partial charge in [-0.15, -0.1) is 0 Å². The Bertz CT molecular complexity index is 469. The molecular weight excluding hydrogens is 242 g/mol. The molecule has 0 saturated heterocycles. The van der Waals surface area contributed by atoms with Crippen molar-refractivity contribution in [1.82, 2.24) is 5.32 Å². The molecule has 17 heavy (non-hydrogen) atoms. The van der Waals surface area contributed by atoms with Crippen molar-refractivity contribution in [3.8, 4) is 0 Å². The number of carbonyl (C=O) groups excluding carboxylic acids is 1. The van der Waals surface area contributed by atoms with Gasteiger partial charge in [0.2, 0.25) is 5.91 Å². The van der Waals surface area contributed by atoms with Crippen molar-refractivity contribution in [2.24, 2.45) is 5.41 Å². The van der Waals surface area contributed by atoms with Crippen molar-refractivity contribution in [3.63, 3.8) is 0 Å². The molecule has 2 N–H and O–H groups in total. The van der Waals surface area contributed by atoms with Crippen LogP contribution in [-0.4, -0.2) is 17.0 Å².